The average molecular weight is 246 g/mol. The summed E-state index contributed by atoms with van der Waals surface area (Å²) in [6.45, 7) is 3.97. The first kappa shape index (κ1) is 10.5. The summed E-state index contributed by atoms with van der Waals surface area (Å²) in [4.78, 5) is 1.65. The van der Waals surface area contributed by atoms with Crippen molar-refractivity contribution in [2.75, 3.05) is 0 Å². The molecule has 1 aliphatic rings. The van der Waals surface area contributed by atoms with Crippen LogP contribution in [0.4, 0.5) is 0 Å². The van der Waals surface area contributed by atoms with Crippen LogP contribution >= 0.6 is 11.6 Å². The molecule has 0 unspecified atom stereocenters. The lowest BCUT2D eigenvalue weighted by Gasteiger charge is -2.00. The number of halogens is 1. The molecule has 0 atom stereocenters. The standard InChI is InChI=1S/C13H12ClN3/c1-8-3-5-10(6-4-8)11-7-12-13(14)9(2)15-17(12)16-11/h3-6H,7H2,1-2H3. The molecule has 0 aliphatic carbocycles. The molecule has 0 radical (unpaired) electrons. The summed E-state index contributed by atoms with van der Waals surface area (Å²) in [5, 5.41) is 9.48. The Hall–Kier alpha value is -1.61. The van der Waals surface area contributed by atoms with E-state index < -0.39 is 0 Å². The maximum Gasteiger partial charge on any atom is 0.0896 e. The second-order valence-corrected chi connectivity index (χ2v) is 4.70. The Morgan fingerprint density at radius 1 is 1.18 bits per heavy atom. The summed E-state index contributed by atoms with van der Waals surface area (Å²) >= 11 is 6.18. The fourth-order valence-corrected chi connectivity index (χ4v) is 2.17. The van der Waals surface area contributed by atoms with Crippen molar-refractivity contribution < 1.29 is 0 Å². The zero-order valence-electron chi connectivity index (χ0n) is 9.74. The van der Waals surface area contributed by atoms with E-state index in [1.54, 1.807) is 4.79 Å². The highest BCUT2D eigenvalue weighted by atomic mass is 35.5. The molecule has 0 fully saturated rings. The van der Waals surface area contributed by atoms with Crippen molar-refractivity contribution in [3.63, 3.8) is 0 Å². The molecule has 86 valence electrons. The number of hydrogen-bond acceptors (Lipinski definition) is 2. The molecule has 1 aromatic carbocycles. The van der Waals surface area contributed by atoms with Crippen molar-refractivity contribution in [3.05, 3.63) is 51.8 Å². The second kappa shape index (κ2) is 3.70. The Morgan fingerprint density at radius 3 is 2.53 bits per heavy atom. The van der Waals surface area contributed by atoms with E-state index >= 15 is 0 Å². The summed E-state index contributed by atoms with van der Waals surface area (Å²) in [6.07, 6.45) is 0.753. The third kappa shape index (κ3) is 1.67. The molecule has 0 bridgehead atoms. The highest BCUT2D eigenvalue weighted by molar-refractivity contribution is 6.32. The van der Waals surface area contributed by atoms with E-state index in [2.05, 4.69) is 41.4 Å². The first-order chi connectivity index (χ1) is 8.15. The van der Waals surface area contributed by atoms with Crippen LogP contribution in [-0.2, 0) is 6.42 Å². The van der Waals surface area contributed by atoms with Gasteiger partial charge in [0.25, 0.3) is 0 Å². The Bertz CT molecular complexity index is 608. The maximum absolute atomic E-state index is 6.18. The molecule has 0 saturated carbocycles. The Kier molecular flexibility index (Phi) is 2.30. The van der Waals surface area contributed by atoms with Gasteiger partial charge in [-0.1, -0.05) is 41.4 Å². The molecule has 1 aliphatic heterocycles. The normalized spacial score (nSPS) is 13.7. The predicted octanol–water partition coefficient (Wildman–Crippen LogP) is 2.96. The van der Waals surface area contributed by atoms with E-state index in [0.717, 1.165) is 34.1 Å². The highest BCUT2D eigenvalue weighted by Crippen LogP contribution is 2.26. The minimum absolute atomic E-state index is 0.732. The van der Waals surface area contributed by atoms with E-state index in [0.29, 0.717) is 0 Å². The SMILES string of the molecule is Cc1ccc(C2=Nn3nc(C)c(Cl)c3C2)cc1. The van der Waals surface area contributed by atoms with Crippen molar-refractivity contribution in [2.24, 2.45) is 5.10 Å². The minimum atomic E-state index is 0.732. The lowest BCUT2D eigenvalue weighted by molar-refractivity contribution is 0.728. The number of aryl methyl sites for hydroxylation is 2. The average Bonchev–Trinajstić information content (AvgIpc) is 2.82. The molecule has 0 amide bonds. The van der Waals surface area contributed by atoms with Crippen LogP contribution in [0.1, 0.15) is 22.5 Å². The van der Waals surface area contributed by atoms with Gasteiger partial charge in [0.2, 0.25) is 0 Å². The topological polar surface area (TPSA) is 30.2 Å². The monoisotopic (exact) mass is 245 g/mol. The van der Waals surface area contributed by atoms with E-state index in [9.17, 15) is 0 Å². The summed E-state index contributed by atoms with van der Waals surface area (Å²) < 4.78 is 0. The molecular formula is C13H12ClN3. The summed E-state index contributed by atoms with van der Waals surface area (Å²) in [5.74, 6) is 0. The Morgan fingerprint density at radius 2 is 1.88 bits per heavy atom. The van der Waals surface area contributed by atoms with Crippen LogP contribution in [-0.4, -0.2) is 15.6 Å². The van der Waals surface area contributed by atoms with Crippen molar-refractivity contribution in [1.82, 2.24) is 9.89 Å². The molecule has 17 heavy (non-hydrogen) atoms. The van der Waals surface area contributed by atoms with Gasteiger partial charge in [-0.15, -0.1) is 0 Å². The third-order valence-electron chi connectivity index (χ3n) is 2.99. The van der Waals surface area contributed by atoms with Gasteiger partial charge < -0.3 is 0 Å². The fourth-order valence-electron chi connectivity index (χ4n) is 1.99. The minimum Gasteiger partial charge on any atom is -0.154 e. The smallest absolute Gasteiger partial charge is 0.0896 e. The molecule has 0 saturated heterocycles. The summed E-state index contributed by atoms with van der Waals surface area (Å²) in [5.41, 5.74) is 5.23. The second-order valence-electron chi connectivity index (χ2n) is 4.33. The van der Waals surface area contributed by atoms with E-state index in [1.807, 2.05) is 6.92 Å². The highest BCUT2D eigenvalue weighted by Gasteiger charge is 2.22. The summed E-state index contributed by atoms with van der Waals surface area (Å²) in [7, 11) is 0. The van der Waals surface area contributed by atoms with Crippen LogP contribution in [0.25, 0.3) is 0 Å². The van der Waals surface area contributed by atoms with Crippen molar-refractivity contribution >= 4 is 17.3 Å². The van der Waals surface area contributed by atoms with Crippen LogP contribution in [0.2, 0.25) is 5.02 Å². The number of fused-ring (bicyclic) bond motifs is 1. The Balaban J connectivity index is 1.99. The van der Waals surface area contributed by atoms with E-state index in [-0.39, 0.29) is 0 Å². The molecular weight excluding hydrogens is 234 g/mol. The molecule has 3 nitrogen and oxygen atoms in total. The van der Waals surface area contributed by atoms with Gasteiger partial charge in [-0.3, -0.25) is 0 Å². The fraction of sp³-hybridized carbons (Fsp3) is 0.231. The lowest BCUT2D eigenvalue weighted by Crippen LogP contribution is -2.00. The molecule has 3 rings (SSSR count). The van der Waals surface area contributed by atoms with Gasteiger partial charge in [0, 0.05) is 6.42 Å². The molecule has 2 heterocycles. The maximum atomic E-state index is 6.18. The van der Waals surface area contributed by atoms with Gasteiger partial charge in [0.05, 0.1) is 22.1 Å². The van der Waals surface area contributed by atoms with Gasteiger partial charge in [0.15, 0.2) is 0 Å². The molecule has 0 spiro atoms. The predicted molar refractivity (Wildman–Crippen MR) is 68.8 cm³/mol. The van der Waals surface area contributed by atoms with Crippen molar-refractivity contribution in [2.45, 2.75) is 20.3 Å². The summed E-state index contributed by atoms with van der Waals surface area (Å²) in [6, 6.07) is 8.35. The Labute approximate surface area is 105 Å². The molecule has 1 aromatic heterocycles. The molecule has 0 N–H and O–H groups in total. The van der Waals surface area contributed by atoms with Crippen LogP contribution in [0, 0.1) is 13.8 Å². The number of nitrogens with zero attached hydrogens (tertiary/aromatic N) is 3. The lowest BCUT2D eigenvalue weighted by atomic mass is 10.0. The number of hydrogen-bond donors (Lipinski definition) is 0. The number of benzene rings is 1. The largest absolute Gasteiger partial charge is 0.154 e. The number of rotatable bonds is 1. The van der Waals surface area contributed by atoms with E-state index in [4.69, 9.17) is 11.6 Å². The van der Waals surface area contributed by atoms with Gasteiger partial charge in [-0.25, -0.2) is 0 Å². The van der Waals surface area contributed by atoms with Crippen LogP contribution in [0.5, 0.6) is 0 Å². The van der Waals surface area contributed by atoms with Gasteiger partial charge in [0.1, 0.15) is 0 Å². The van der Waals surface area contributed by atoms with E-state index in [1.165, 1.54) is 5.56 Å². The third-order valence-corrected chi connectivity index (χ3v) is 3.48. The zero-order chi connectivity index (χ0) is 12.0. The quantitative estimate of drug-likeness (QED) is 0.760. The molecule has 2 aromatic rings. The first-order valence-electron chi connectivity index (χ1n) is 5.54. The van der Waals surface area contributed by atoms with Gasteiger partial charge >= 0.3 is 0 Å². The van der Waals surface area contributed by atoms with Crippen molar-refractivity contribution in [3.8, 4) is 0 Å². The number of aromatic nitrogens is 2. The first-order valence-corrected chi connectivity index (χ1v) is 5.92. The van der Waals surface area contributed by atoms with Crippen LogP contribution in [0.15, 0.2) is 29.4 Å². The molecule has 4 heteroatoms. The van der Waals surface area contributed by atoms with Gasteiger partial charge in [-0.05, 0) is 19.4 Å². The van der Waals surface area contributed by atoms with Crippen molar-refractivity contribution in [1.29, 1.82) is 0 Å². The van der Waals surface area contributed by atoms with Gasteiger partial charge in [-0.2, -0.15) is 15.0 Å². The van der Waals surface area contributed by atoms with Crippen LogP contribution < -0.4 is 0 Å². The zero-order valence-corrected chi connectivity index (χ0v) is 10.5. The van der Waals surface area contributed by atoms with Crippen LogP contribution in [0.3, 0.4) is 0 Å².